The number of fused-ring (bicyclic) bond motifs is 2. The highest BCUT2D eigenvalue weighted by Crippen LogP contribution is 2.32. The molecule has 0 saturated carbocycles. The Morgan fingerprint density at radius 3 is 2.56 bits per heavy atom. The molecule has 3 nitrogen and oxygen atoms in total. The van der Waals surface area contributed by atoms with Crippen molar-refractivity contribution in [3.8, 4) is 0 Å². The van der Waals surface area contributed by atoms with Gasteiger partial charge in [-0.25, -0.2) is 0 Å². The lowest BCUT2D eigenvalue weighted by Crippen LogP contribution is -2.30. The number of aryl methyl sites for hydroxylation is 2. The SMILES string of the molecule is CC(=O)N1Cc2ccc(C3CCNCC3)cc2CCc2ccccc21. The highest BCUT2D eigenvalue weighted by molar-refractivity contribution is 5.92. The Balaban J connectivity index is 1.68. The molecule has 0 aromatic heterocycles. The van der Waals surface area contributed by atoms with Gasteiger partial charge in [-0.1, -0.05) is 36.4 Å². The standard InChI is InChI=1S/C22H26N2O/c1-16(25)24-15-21-9-8-19(17-10-12-23-13-11-17)14-20(21)7-6-18-4-2-3-5-22(18)24/h2-5,8-9,14,17,23H,6-7,10-13,15H2,1H3. The second-order valence-electron chi connectivity index (χ2n) is 7.29. The number of piperidine rings is 1. The molecule has 0 bridgehead atoms. The second kappa shape index (κ2) is 7.01. The van der Waals surface area contributed by atoms with Crippen molar-refractivity contribution in [3.63, 3.8) is 0 Å². The summed E-state index contributed by atoms with van der Waals surface area (Å²) >= 11 is 0. The Kier molecular flexibility index (Phi) is 4.58. The minimum absolute atomic E-state index is 0.114. The number of para-hydroxylation sites is 1. The Bertz CT molecular complexity index is 777. The predicted molar refractivity (Wildman–Crippen MR) is 102 cm³/mol. The summed E-state index contributed by atoms with van der Waals surface area (Å²) in [6.07, 6.45) is 4.49. The number of benzene rings is 2. The fourth-order valence-corrected chi connectivity index (χ4v) is 4.23. The van der Waals surface area contributed by atoms with Crippen LogP contribution in [-0.4, -0.2) is 19.0 Å². The molecule has 2 aromatic rings. The minimum Gasteiger partial charge on any atom is -0.317 e. The molecule has 1 fully saturated rings. The molecular weight excluding hydrogens is 308 g/mol. The maximum atomic E-state index is 12.3. The van der Waals surface area contributed by atoms with Crippen molar-refractivity contribution in [1.82, 2.24) is 5.32 Å². The number of hydrogen-bond acceptors (Lipinski definition) is 2. The van der Waals surface area contributed by atoms with Gasteiger partial charge < -0.3 is 10.2 Å². The van der Waals surface area contributed by atoms with E-state index >= 15 is 0 Å². The van der Waals surface area contributed by atoms with Crippen LogP contribution >= 0.6 is 0 Å². The molecule has 1 amide bonds. The Hall–Kier alpha value is -2.13. The summed E-state index contributed by atoms with van der Waals surface area (Å²) in [5.41, 5.74) is 6.53. The van der Waals surface area contributed by atoms with Crippen LogP contribution in [0.3, 0.4) is 0 Å². The number of nitrogens with one attached hydrogen (secondary N) is 1. The largest absolute Gasteiger partial charge is 0.317 e. The topological polar surface area (TPSA) is 32.3 Å². The first-order valence-corrected chi connectivity index (χ1v) is 9.41. The maximum absolute atomic E-state index is 12.3. The van der Waals surface area contributed by atoms with Crippen LogP contribution in [0, 0.1) is 0 Å². The van der Waals surface area contributed by atoms with Crippen LogP contribution in [0.5, 0.6) is 0 Å². The van der Waals surface area contributed by atoms with Gasteiger partial charge in [0.25, 0.3) is 0 Å². The number of rotatable bonds is 1. The average Bonchev–Trinajstić information content (AvgIpc) is 2.64. The van der Waals surface area contributed by atoms with E-state index in [-0.39, 0.29) is 5.91 Å². The summed E-state index contributed by atoms with van der Waals surface area (Å²) in [5.74, 6) is 0.788. The fraction of sp³-hybridized carbons (Fsp3) is 0.409. The molecule has 0 radical (unpaired) electrons. The van der Waals surface area contributed by atoms with E-state index in [1.807, 2.05) is 11.0 Å². The highest BCUT2D eigenvalue weighted by atomic mass is 16.2. The van der Waals surface area contributed by atoms with Crippen molar-refractivity contribution >= 4 is 11.6 Å². The third-order valence-corrected chi connectivity index (χ3v) is 5.70. The number of anilines is 1. The first-order chi connectivity index (χ1) is 12.2. The molecule has 3 heteroatoms. The average molecular weight is 334 g/mol. The van der Waals surface area contributed by atoms with Gasteiger partial charge in [0.1, 0.15) is 0 Å². The van der Waals surface area contributed by atoms with Crippen LogP contribution in [0.2, 0.25) is 0 Å². The van der Waals surface area contributed by atoms with Gasteiger partial charge in [0.05, 0.1) is 6.54 Å². The lowest BCUT2D eigenvalue weighted by atomic mass is 9.86. The molecule has 1 N–H and O–H groups in total. The van der Waals surface area contributed by atoms with E-state index in [0.29, 0.717) is 12.5 Å². The molecule has 2 heterocycles. The summed E-state index contributed by atoms with van der Waals surface area (Å²) in [7, 11) is 0. The Morgan fingerprint density at radius 1 is 1.00 bits per heavy atom. The van der Waals surface area contributed by atoms with Crippen molar-refractivity contribution in [2.45, 2.75) is 45.1 Å². The van der Waals surface area contributed by atoms with Crippen LogP contribution in [0.25, 0.3) is 0 Å². The molecule has 0 atom stereocenters. The fourth-order valence-electron chi connectivity index (χ4n) is 4.23. The van der Waals surface area contributed by atoms with Gasteiger partial charge in [-0.2, -0.15) is 0 Å². The predicted octanol–water partition coefficient (Wildman–Crippen LogP) is 3.81. The third kappa shape index (κ3) is 3.34. The van der Waals surface area contributed by atoms with E-state index in [4.69, 9.17) is 0 Å². The molecule has 2 aliphatic rings. The van der Waals surface area contributed by atoms with Crippen molar-refractivity contribution in [1.29, 1.82) is 0 Å². The number of hydrogen-bond donors (Lipinski definition) is 1. The number of carbonyl (C=O) groups is 1. The molecular formula is C22H26N2O. The molecule has 0 unspecified atom stereocenters. The molecule has 130 valence electrons. The van der Waals surface area contributed by atoms with Gasteiger partial charge in [0, 0.05) is 12.6 Å². The maximum Gasteiger partial charge on any atom is 0.224 e. The zero-order chi connectivity index (χ0) is 17.2. The van der Waals surface area contributed by atoms with E-state index in [1.165, 1.54) is 35.1 Å². The summed E-state index contributed by atoms with van der Waals surface area (Å²) in [6, 6.07) is 15.3. The summed E-state index contributed by atoms with van der Waals surface area (Å²) in [6.45, 7) is 4.58. The Labute approximate surface area is 150 Å². The van der Waals surface area contributed by atoms with Crippen molar-refractivity contribution in [2.75, 3.05) is 18.0 Å². The van der Waals surface area contributed by atoms with Crippen LogP contribution in [0.15, 0.2) is 42.5 Å². The molecule has 0 aliphatic carbocycles. The first kappa shape index (κ1) is 16.3. The summed E-state index contributed by atoms with van der Waals surface area (Å²) in [5, 5.41) is 3.45. The van der Waals surface area contributed by atoms with Crippen LogP contribution in [0.1, 0.15) is 47.9 Å². The molecule has 2 aliphatic heterocycles. The molecule has 25 heavy (non-hydrogen) atoms. The molecule has 1 saturated heterocycles. The van der Waals surface area contributed by atoms with Crippen molar-refractivity contribution in [3.05, 3.63) is 64.7 Å². The normalized spacial score (nSPS) is 18.0. The lowest BCUT2D eigenvalue weighted by Gasteiger charge is -2.29. The minimum atomic E-state index is 0.114. The van der Waals surface area contributed by atoms with Crippen LogP contribution in [-0.2, 0) is 24.2 Å². The number of carbonyl (C=O) groups excluding carboxylic acids is 1. The number of nitrogens with zero attached hydrogens (tertiary/aromatic N) is 1. The van der Waals surface area contributed by atoms with Gasteiger partial charge >= 0.3 is 0 Å². The Morgan fingerprint density at radius 2 is 1.76 bits per heavy atom. The van der Waals surface area contributed by atoms with Crippen molar-refractivity contribution < 1.29 is 4.79 Å². The molecule has 4 rings (SSSR count). The van der Waals surface area contributed by atoms with E-state index in [1.54, 1.807) is 6.92 Å². The second-order valence-corrected chi connectivity index (χ2v) is 7.29. The van der Waals surface area contributed by atoms with E-state index in [9.17, 15) is 4.79 Å². The van der Waals surface area contributed by atoms with Crippen LogP contribution < -0.4 is 10.2 Å². The summed E-state index contributed by atoms with van der Waals surface area (Å²) < 4.78 is 0. The van der Waals surface area contributed by atoms with Gasteiger partial charge in [0.15, 0.2) is 0 Å². The lowest BCUT2D eigenvalue weighted by molar-refractivity contribution is -0.116. The smallest absolute Gasteiger partial charge is 0.224 e. The van der Waals surface area contributed by atoms with Crippen molar-refractivity contribution in [2.24, 2.45) is 0 Å². The quantitative estimate of drug-likeness (QED) is 0.860. The molecule has 0 spiro atoms. The van der Waals surface area contributed by atoms with Gasteiger partial charge in [0.2, 0.25) is 5.91 Å². The van der Waals surface area contributed by atoms with Gasteiger partial charge in [-0.05, 0) is 73.0 Å². The van der Waals surface area contributed by atoms with Gasteiger partial charge in [-0.15, -0.1) is 0 Å². The van der Waals surface area contributed by atoms with Gasteiger partial charge in [-0.3, -0.25) is 4.79 Å². The highest BCUT2D eigenvalue weighted by Gasteiger charge is 2.22. The number of amides is 1. The monoisotopic (exact) mass is 334 g/mol. The zero-order valence-corrected chi connectivity index (χ0v) is 14.9. The first-order valence-electron chi connectivity index (χ1n) is 9.41. The van der Waals surface area contributed by atoms with E-state index in [2.05, 4.69) is 41.7 Å². The van der Waals surface area contributed by atoms with E-state index in [0.717, 1.165) is 31.6 Å². The summed E-state index contributed by atoms with van der Waals surface area (Å²) in [4.78, 5) is 14.2. The third-order valence-electron chi connectivity index (χ3n) is 5.70. The van der Waals surface area contributed by atoms with E-state index < -0.39 is 0 Å². The zero-order valence-electron chi connectivity index (χ0n) is 14.9. The van der Waals surface area contributed by atoms with Crippen LogP contribution in [0.4, 0.5) is 5.69 Å². The molecule has 2 aromatic carbocycles.